The van der Waals surface area contributed by atoms with Gasteiger partial charge >= 0.3 is 0 Å². The predicted molar refractivity (Wildman–Crippen MR) is 132 cm³/mol. The maximum Gasteiger partial charge on any atom is 0.246 e. The first-order chi connectivity index (χ1) is 17.4. The van der Waals surface area contributed by atoms with Crippen LogP contribution < -0.4 is 15.4 Å². The summed E-state index contributed by atoms with van der Waals surface area (Å²) in [7, 11) is 3.12. The lowest BCUT2D eigenvalue weighted by atomic mass is 9.74. The monoisotopic (exact) mass is 497 g/mol. The largest absolute Gasteiger partial charge is 0.497 e. The van der Waals surface area contributed by atoms with Crippen LogP contribution in [0.1, 0.15) is 32.6 Å². The minimum atomic E-state index is -1.17. The number of rotatable bonds is 8. The number of nitrogens with one attached hydrogen (secondary N) is 2. The lowest BCUT2D eigenvalue weighted by Gasteiger charge is -2.35. The summed E-state index contributed by atoms with van der Waals surface area (Å²) in [4.78, 5) is 42.6. The lowest BCUT2D eigenvalue weighted by molar-refractivity contribution is -0.142. The van der Waals surface area contributed by atoms with E-state index in [1.165, 1.54) is 6.42 Å². The van der Waals surface area contributed by atoms with Crippen LogP contribution in [0.3, 0.4) is 0 Å². The molecule has 9 nitrogen and oxygen atoms in total. The zero-order valence-electron chi connectivity index (χ0n) is 21.1. The van der Waals surface area contributed by atoms with Gasteiger partial charge < -0.3 is 29.7 Å². The van der Waals surface area contributed by atoms with Crippen molar-refractivity contribution in [1.82, 2.24) is 10.2 Å². The van der Waals surface area contributed by atoms with Gasteiger partial charge in [0.1, 0.15) is 17.4 Å². The fraction of sp³-hybridized carbons (Fsp3) is 0.593. The maximum absolute atomic E-state index is 13.8. The van der Waals surface area contributed by atoms with Crippen LogP contribution in [0.5, 0.6) is 5.75 Å². The lowest BCUT2D eigenvalue weighted by Crippen LogP contribution is -2.57. The Kier molecular flexibility index (Phi) is 6.78. The van der Waals surface area contributed by atoms with Crippen molar-refractivity contribution < 1.29 is 28.6 Å². The molecule has 3 heterocycles. The van der Waals surface area contributed by atoms with Gasteiger partial charge in [0.05, 0.1) is 31.7 Å². The van der Waals surface area contributed by atoms with Crippen LogP contribution in [0, 0.1) is 17.8 Å². The Balaban J connectivity index is 1.42. The van der Waals surface area contributed by atoms with E-state index >= 15 is 0 Å². The molecule has 1 aromatic carbocycles. The van der Waals surface area contributed by atoms with Crippen molar-refractivity contribution in [2.75, 3.05) is 32.7 Å². The van der Waals surface area contributed by atoms with E-state index in [-0.39, 0.29) is 36.9 Å². The van der Waals surface area contributed by atoms with E-state index in [9.17, 15) is 14.4 Å². The van der Waals surface area contributed by atoms with Gasteiger partial charge in [-0.2, -0.15) is 0 Å². The fourth-order valence-corrected chi connectivity index (χ4v) is 6.42. The molecule has 9 heteroatoms. The zero-order chi connectivity index (χ0) is 25.4. The zero-order valence-corrected chi connectivity index (χ0v) is 21.1. The fourth-order valence-electron chi connectivity index (χ4n) is 6.42. The Morgan fingerprint density at radius 2 is 2.00 bits per heavy atom. The number of carbonyl (C=O) groups excluding carboxylic acids is 3. The minimum absolute atomic E-state index is 0.0656. The van der Waals surface area contributed by atoms with Crippen molar-refractivity contribution in [3.63, 3.8) is 0 Å². The molecule has 1 saturated carbocycles. The Labute approximate surface area is 211 Å². The smallest absolute Gasteiger partial charge is 0.246 e. The first kappa shape index (κ1) is 24.8. The van der Waals surface area contributed by atoms with Gasteiger partial charge in [0.2, 0.25) is 17.7 Å². The number of likely N-dealkylation sites (tertiary alicyclic amines) is 1. The van der Waals surface area contributed by atoms with Gasteiger partial charge in [0.15, 0.2) is 0 Å². The molecule has 1 spiro atoms. The van der Waals surface area contributed by atoms with E-state index in [1.54, 1.807) is 43.4 Å². The molecule has 3 amide bonds. The van der Waals surface area contributed by atoms with Crippen LogP contribution in [-0.4, -0.2) is 73.8 Å². The second kappa shape index (κ2) is 9.86. The highest BCUT2D eigenvalue weighted by molar-refractivity contribution is 6.02. The molecular weight excluding hydrogens is 462 g/mol. The topological polar surface area (TPSA) is 106 Å². The number of benzene rings is 1. The van der Waals surface area contributed by atoms with E-state index in [0.717, 1.165) is 19.3 Å². The van der Waals surface area contributed by atoms with E-state index in [4.69, 9.17) is 14.2 Å². The number of ether oxygens (including phenoxy) is 3. The molecular formula is C27H35N3O6. The molecule has 194 valence electrons. The van der Waals surface area contributed by atoms with E-state index in [0.29, 0.717) is 17.4 Å². The standard InChI is InChI=1S/C27H35N3O6/c1-16-7-4-5-10-19(16)29-25(32)23-27-12-11-20(36-27)21(22(27)26(33)30(23)13-14-34-2)24(31)28-17-8-6-9-18(15-17)35-3/h6,8-9,11-12,15-16,19-23H,4-5,7,10,13-14H2,1-3H3,(H,28,31)(H,29,32)/t16-,19+,20-,21-,22-,23+,27+/m1/s1. The van der Waals surface area contributed by atoms with Crippen LogP contribution in [0.4, 0.5) is 5.69 Å². The number of hydrogen-bond acceptors (Lipinski definition) is 6. The highest BCUT2D eigenvalue weighted by Gasteiger charge is 2.72. The highest BCUT2D eigenvalue weighted by Crippen LogP contribution is 2.55. The van der Waals surface area contributed by atoms with Crippen LogP contribution in [-0.2, 0) is 23.9 Å². The molecule has 7 atom stereocenters. The van der Waals surface area contributed by atoms with Crippen molar-refractivity contribution in [2.45, 2.75) is 56.4 Å². The van der Waals surface area contributed by atoms with Gasteiger partial charge in [-0.1, -0.05) is 38.0 Å². The van der Waals surface area contributed by atoms with Crippen LogP contribution in [0.2, 0.25) is 0 Å². The predicted octanol–water partition coefficient (Wildman–Crippen LogP) is 2.13. The van der Waals surface area contributed by atoms with Crippen LogP contribution in [0.15, 0.2) is 36.4 Å². The molecule has 5 rings (SSSR count). The molecule has 0 aromatic heterocycles. The maximum atomic E-state index is 13.8. The number of fused-ring (bicyclic) bond motifs is 1. The number of carbonyl (C=O) groups is 3. The number of anilines is 1. The normalized spacial score (nSPS) is 34.5. The Morgan fingerprint density at radius 3 is 2.75 bits per heavy atom. The van der Waals surface area contributed by atoms with Gasteiger partial charge in [-0.3, -0.25) is 14.4 Å². The summed E-state index contributed by atoms with van der Waals surface area (Å²) < 4.78 is 16.9. The Hall–Kier alpha value is -2.91. The second-order valence-electron chi connectivity index (χ2n) is 10.3. The van der Waals surface area contributed by atoms with E-state index in [2.05, 4.69) is 17.6 Å². The summed E-state index contributed by atoms with van der Waals surface area (Å²) in [5.74, 6) is -1.32. The summed E-state index contributed by atoms with van der Waals surface area (Å²) in [5.41, 5.74) is -0.601. The third-order valence-electron chi connectivity index (χ3n) is 8.24. The quantitative estimate of drug-likeness (QED) is 0.533. The minimum Gasteiger partial charge on any atom is -0.497 e. The van der Waals surface area contributed by atoms with Crippen molar-refractivity contribution >= 4 is 23.4 Å². The highest BCUT2D eigenvalue weighted by atomic mass is 16.5. The Bertz CT molecular complexity index is 1060. The summed E-state index contributed by atoms with van der Waals surface area (Å²) >= 11 is 0. The van der Waals surface area contributed by atoms with Crippen molar-refractivity contribution in [2.24, 2.45) is 17.8 Å². The second-order valence-corrected chi connectivity index (χ2v) is 10.3. The summed E-state index contributed by atoms with van der Waals surface area (Å²) in [6, 6.07) is 6.28. The van der Waals surface area contributed by atoms with Crippen LogP contribution >= 0.6 is 0 Å². The summed E-state index contributed by atoms with van der Waals surface area (Å²) in [6.07, 6.45) is 7.32. The number of amides is 3. The first-order valence-electron chi connectivity index (χ1n) is 12.8. The molecule has 2 saturated heterocycles. The summed E-state index contributed by atoms with van der Waals surface area (Å²) in [6.45, 7) is 2.69. The van der Waals surface area contributed by atoms with Crippen molar-refractivity contribution in [3.05, 3.63) is 36.4 Å². The summed E-state index contributed by atoms with van der Waals surface area (Å²) in [5, 5.41) is 6.14. The molecule has 1 aliphatic carbocycles. The molecule has 3 fully saturated rings. The average molecular weight is 498 g/mol. The molecule has 4 aliphatic rings. The average Bonchev–Trinajstić information content (AvgIpc) is 3.51. The van der Waals surface area contributed by atoms with Gasteiger partial charge in [-0.05, 0) is 30.9 Å². The Morgan fingerprint density at radius 1 is 1.19 bits per heavy atom. The number of nitrogens with zero attached hydrogens (tertiary/aromatic N) is 1. The molecule has 0 unspecified atom stereocenters. The molecule has 2 N–H and O–H groups in total. The third kappa shape index (κ3) is 4.08. The van der Waals surface area contributed by atoms with Crippen molar-refractivity contribution in [3.8, 4) is 5.75 Å². The molecule has 2 bridgehead atoms. The van der Waals surface area contributed by atoms with Gasteiger partial charge in [-0.25, -0.2) is 0 Å². The molecule has 0 radical (unpaired) electrons. The van der Waals surface area contributed by atoms with Gasteiger partial charge in [0.25, 0.3) is 0 Å². The molecule has 3 aliphatic heterocycles. The van der Waals surface area contributed by atoms with Gasteiger partial charge in [-0.15, -0.1) is 0 Å². The van der Waals surface area contributed by atoms with E-state index in [1.807, 2.05) is 12.2 Å². The SMILES string of the molecule is COCCN1C(=O)[C@H]2[C@H](C(=O)Nc3cccc(OC)c3)[C@H]3C=C[C@@]2(O3)[C@@H]1C(=O)N[C@H]1CCCC[C@H]1C. The van der Waals surface area contributed by atoms with Crippen LogP contribution in [0.25, 0.3) is 0 Å². The van der Waals surface area contributed by atoms with Gasteiger partial charge in [0, 0.05) is 31.5 Å². The van der Waals surface area contributed by atoms with Crippen molar-refractivity contribution in [1.29, 1.82) is 0 Å². The number of methoxy groups -OCH3 is 2. The van der Waals surface area contributed by atoms with E-state index < -0.39 is 29.6 Å². The first-order valence-corrected chi connectivity index (χ1v) is 12.8. The third-order valence-corrected chi connectivity index (χ3v) is 8.24. The molecule has 1 aromatic rings. The molecule has 36 heavy (non-hydrogen) atoms. The number of hydrogen-bond donors (Lipinski definition) is 2.